The van der Waals surface area contributed by atoms with Crippen LogP contribution in [0.5, 0.6) is 0 Å². The Bertz CT molecular complexity index is 806. The summed E-state index contributed by atoms with van der Waals surface area (Å²) in [5.74, 6) is 0. The molecule has 0 spiro atoms. The van der Waals surface area contributed by atoms with E-state index in [-0.39, 0.29) is 0 Å². The zero-order chi connectivity index (χ0) is 13.5. The first-order chi connectivity index (χ1) is 9.84. The van der Waals surface area contributed by atoms with E-state index in [1.807, 2.05) is 11.3 Å². The molecule has 98 valence electrons. The van der Waals surface area contributed by atoms with Crippen molar-refractivity contribution in [3.63, 3.8) is 0 Å². The topological polar surface area (TPSA) is 0 Å². The van der Waals surface area contributed by atoms with Crippen LogP contribution in [-0.4, -0.2) is 0 Å². The van der Waals surface area contributed by atoms with Gasteiger partial charge in [-0.15, -0.1) is 11.3 Å². The van der Waals surface area contributed by atoms with Gasteiger partial charge < -0.3 is 0 Å². The Hall–Kier alpha value is -1.86. The SMILES string of the molecule is Cc1cccc2c3c(sc12)CCC=C3c1ccccc1. The molecule has 0 saturated heterocycles. The maximum Gasteiger partial charge on any atom is 0.0381 e. The normalized spacial score (nSPS) is 14.2. The number of rotatable bonds is 1. The molecule has 0 amide bonds. The molecule has 20 heavy (non-hydrogen) atoms. The molecule has 1 heterocycles. The zero-order valence-electron chi connectivity index (χ0n) is 11.5. The van der Waals surface area contributed by atoms with E-state index in [2.05, 4.69) is 61.5 Å². The fourth-order valence-electron chi connectivity index (χ4n) is 3.11. The molecular formula is C19H16S. The molecule has 1 heteroatoms. The first-order valence-corrected chi connectivity index (χ1v) is 7.93. The van der Waals surface area contributed by atoms with Crippen molar-refractivity contribution in [1.82, 2.24) is 0 Å². The van der Waals surface area contributed by atoms with Gasteiger partial charge in [0.05, 0.1) is 0 Å². The van der Waals surface area contributed by atoms with Crippen molar-refractivity contribution in [3.05, 3.63) is 76.2 Å². The average molecular weight is 276 g/mol. The minimum atomic E-state index is 1.16. The van der Waals surface area contributed by atoms with Crippen LogP contribution in [0.2, 0.25) is 0 Å². The Labute approximate surface area is 123 Å². The fourth-order valence-corrected chi connectivity index (χ4v) is 4.41. The minimum Gasteiger partial charge on any atom is -0.139 e. The molecule has 0 nitrogen and oxygen atoms in total. The van der Waals surface area contributed by atoms with Gasteiger partial charge in [-0.1, -0.05) is 54.6 Å². The van der Waals surface area contributed by atoms with E-state index >= 15 is 0 Å². The molecule has 0 N–H and O–H groups in total. The van der Waals surface area contributed by atoms with E-state index in [4.69, 9.17) is 0 Å². The lowest BCUT2D eigenvalue weighted by Gasteiger charge is -2.15. The Morgan fingerprint density at radius 2 is 1.80 bits per heavy atom. The quantitative estimate of drug-likeness (QED) is 0.543. The van der Waals surface area contributed by atoms with E-state index < -0.39 is 0 Å². The number of thiophene rings is 1. The lowest BCUT2D eigenvalue weighted by Crippen LogP contribution is -1.97. The van der Waals surface area contributed by atoms with Crippen LogP contribution in [0.3, 0.4) is 0 Å². The second-order valence-corrected chi connectivity index (χ2v) is 6.48. The van der Waals surface area contributed by atoms with Gasteiger partial charge in [-0.2, -0.15) is 0 Å². The maximum atomic E-state index is 2.41. The monoisotopic (exact) mass is 276 g/mol. The molecule has 1 aliphatic carbocycles. The number of allylic oxidation sites excluding steroid dienone is 1. The van der Waals surface area contributed by atoms with Crippen LogP contribution in [-0.2, 0) is 6.42 Å². The van der Waals surface area contributed by atoms with Gasteiger partial charge in [-0.05, 0) is 36.5 Å². The molecule has 2 aromatic carbocycles. The van der Waals surface area contributed by atoms with Crippen molar-refractivity contribution in [2.24, 2.45) is 0 Å². The highest BCUT2D eigenvalue weighted by atomic mass is 32.1. The number of hydrogen-bond donors (Lipinski definition) is 0. The van der Waals surface area contributed by atoms with Crippen molar-refractivity contribution in [2.45, 2.75) is 19.8 Å². The van der Waals surface area contributed by atoms with E-state index in [1.54, 1.807) is 4.88 Å². The molecule has 0 saturated carbocycles. The third-order valence-corrected chi connectivity index (χ3v) is 5.46. The smallest absolute Gasteiger partial charge is 0.0381 e. The highest BCUT2D eigenvalue weighted by molar-refractivity contribution is 7.19. The highest BCUT2D eigenvalue weighted by Crippen LogP contribution is 2.42. The molecule has 0 fully saturated rings. The van der Waals surface area contributed by atoms with E-state index in [0.29, 0.717) is 0 Å². The standard InChI is InChI=1S/C19H16S/c1-13-7-5-11-16-18-15(14-8-3-2-4-9-14)10-6-12-17(18)20-19(13)16/h2-5,7-11H,6,12H2,1H3. The molecule has 0 radical (unpaired) electrons. The van der Waals surface area contributed by atoms with Gasteiger partial charge in [0.1, 0.15) is 0 Å². The van der Waals surface area contributed by atoms with E-state index in [9.17, 15) is 0 Å². The summed E-state index contributed by atoms with van der Waals surface area (Å²) in [5.41, 5.74) is 5.64. The van der Waals surface area contributed by atoms with Gasteiger partial charge >= 0.3 is 0 Å². The van der Waals surface area contributed by atoms with Crippen LogP contribution in [0, 0.1) is 6.92 Å². The molecule has 3 aromatic rings. The predicted octanol–water partition coefficient (Wildman–Crippen LogP) is 5.59. The van der Waals surface area contributed by atoms with Crippen LogP contribution in [0.1, 0.15) is 28.0 Å². The average Bonchev–Trinajstić information content (AvgIpc) is 2.88. The molecule has 0 atom stereocenters. The minimum absolute atomic E-state index is 1.16. The summed E-state index contributed by atoms with van der Waals surface area (Å²) in [5, 5.41) is 1.43. The van der Waals surface area contributed by atoms with Gasteiger partial charge in [0.15, 0.2) is 0 Å². The summed E-state index contributed by atoms with van der Waals surface area (Å²) in [7, 11) is 0. The zero-order valence-corrected chi connectivity index (χ0v) is 12.3. The summed E-state index contributed by atoms with van der Waals surface area (Å²) in [6, 6.07) is 17.5. The van der Waals surface area contributed by atoms with Gasteiger partial charge in [-0.25, -0.2) is 0 Å². The summed E-state index contributed by atoms with van der Waals surface area (Å²) in [6.45, 7) is 2.22. The first-order valence-electron chi connectivity index (χ1n) is 7.11. The van der Waals surface area contributed by atoms with Crippen molar-refractivity contribution in [1.29, 1.82) is 0 Å². The number of aryl methyl sites for hydroxylation is 2. The summed E-state index contributed by atoms with van der Waals surface area (Å²) >= 11 is 1.98. The predicted molar refractivity (Wildman–Crippen MR) is 88.4 cm³/mol. The highest BCUT2D eigenvalue weighted by Gasteiger charge is 2.20. The molecule has 0 unspecified atom stereocenters. The lowest BCUT2D eigenvalue weighted by molar-refractivity contribution is 1.01. The summed E-state index contributed by atoms with van der Waals surface area (Å²) < 4.78 is 1.46. The van der Waals surface area contributed by atoms with Gasteiger partial charge in [-0.3, -0.25) is 0 Å². The van der Waals surface area contributed by atoms with Crippen LogP contribution >= 0.6 is 11.3 Å². The van der Waals surface area contributed by atoms with Gasteiger partial charge in [0.25, 0.3) is 0 Å². The molecule has 0 bridgehead atoms. The van der Waals surface area contributed by atoms with Crippen LogP contribution in [0.25, 0.3) is 15.7 Å². The maximum absolute atomic E-state index is 2.41. The van der Waals surface area contributed by atoms with Crippen LogP contribution in [0.15, 0.2) is 54.6 Å². The molecule has 0 aliphatic heterocycles. The van der Waals surface area contributed by atoms with Crippen molar-refractivity contribution < 1.29 is 0 Å². The second-order valence-electron chi connectivity index (χ2n) is 5.37. The Morgan fingerprint density at radius 1 is 0.950 bits per heavy atom. The second kappa shape index (κ2) is 4.60. The number of hydrogen-bond acceptors (Lipinski definition) is 1. The number of benzene rings is 2. The molecular weight excluding hydrogens is 260 g/mol. The van der Waals surface area contributed by atoms with Crippen LogP contribution < -0.4 is 0 Å². The van der Waals surface area contributed by atoms with Crippen molar-refractivity contribution >= 4 is 27.0 Å². The van der Waals surface area contributed by atoms with E-state index in [1.165, 1.54) is 38.8 Å². The van der Waals surface area contributed by atoms with Gasteiger partial charge in [0, 0.05) is 20.5 Å². The molecule has 1 aromatic heterocycles. The van der Waals surface area contributed by atoms with Crippen LogP contribution in [0.4, 0.5) is 0 Å². The third-order valence-electron chi connectivity index (χ3n) is 4.06. The van der Waals surface area contributed by atoms with Crippen molar-refractivity contribution in [2.75, 3.05) is 0 Å². The first kappa shape index (κ1) is 11.9. The summed E-state index contributed by atoms with van der Waals surface area (Å²) in [4.78, 5) is 1.55. The number of fused-ring (bicyclic) bond motifs is 3. The van der Waals surface area contributed by atoms with E-state index in [0.717, 1.165) is 6.42 Å². The van der Waals surface area contributed by atoms with Gasteiger partial charge in [0.2, 0.25) is 0 Å². The Kier molecular flexibility index (Phi) is 2.75. The third kappa shape index (κ3) is 1.74. The summed E-state index contributed by atoms with van der Waals surface area (Å²) in [6.07, 6.45) is 4.75. The Balaban J connectivity index is 2.01. The molecule has 4 rings (SSSR count). The lowest BCUT2D eigenvalue weighted by atomic mass is 9.89. The van der Waals surface area contributed by atoms with Crippen molar-refractivity contribution in [3.8, 4) is 0 Å². The fraction of sp³-hybridized carbons (Fsp3) is 0.158. The molecule has 1 aliphatic rings. The largest absolute Gasteiger partial charge is 0.139 e. The Morgan fingerprint density at radius 3 is 2.65 bits per heavy atom.